The molecule has 1 aliphatic heterocycles. The summed E-state index contributed by atoms with van der Waals surface area (Å²) in [7, 11) is -0.992. The molecule has 3 aromatic rings. The van der Waals surface area contributed by atoms with Crippen LogP contribution >= 0.6 is 7.37 Å². The van der Waals surface area contributed by atoms with Crippen molar-refractivity contribution in [1.82, 2.24) is 9.88 Å². The van der Waals surface area contributed by atoms with Gasteiger partial charge in [0.2, 0.25) is 13.3 Å². The number of benzene rings is 2. The maximum atomic E-state index is 14.7. The van der Waals surface area contributed by atoms with Gasteiger partial charge in [-0.15, -0.1) is 6.58 Å². The van der Waals surface area contributed by atoms with E-state index in [2.05, 4.69) is 6.58 Å². The maximum Gasteiger partial charge on any atom is 0.306 e. The van der Waals surface area contributed by atoms with Crippen molar-refractivity contribution in [3.8, 4) is 22.8 Å². The fourth-order valence-electron chi connectivity index (χ4n) is 8.22. The molecule has 11 nitrogen and oxygen atoms in total. The minimum atomic E-state index is -3.94. The summed E-state index contributed by atoms with van der Waals surface area (Å²) in [4.78, 5) is 60.1. The molecule has 2 saturated carbocycles. The highest BCUT2D eigenvalue weighted by Gasteiger charge is 2.65. The number of likely N-dealkylation sites (tertiary alicyclic amines) is 1. The van der Waals surface area contributed by atoms with Gasteiger partial charge in [-0.3, -0.25) is 18.9 Å². The zero-order valence-electron chi connectivity index (χ0n) is 32.0. The predicted octanol–water partition coefficient (Wildman–Crippen LogP) is 7.58. The number of pyridine rings is 1. The summed E-state index contributed by atoms with van der Waals surface area (Å²) in [6, 6.07) is 16.2. The van der Waals surface area contributed by atoms with E-state index >= 15 is 0 Å². The van der Waals surface area contributed by atoms with Crippen LogP contribution in [0.15, 0.2) is 67.3 Å². The van der Waals surface area contributed by atoms with Gasteiger partial charge in [0.15, 0.2) is 5.78 Å². The van der Waals surface area contributed by atoms with E-state index in [1.807, 2.05) is 75.4 Å². The van der Waals surface area contributed by atoms with Crippen LogP contribution in [0.25, 0.3) is 22.2 Å². The fraction of sp³-hybridized carbons (Fsp3) is 0.524. The summed E-state index contributed by atoms with van der Waals surface area (Å²) in [6.07, 6.45) is 4.25. The van der Waals surface area contributed by atoms with E-state index in [1.54, 1.807) is 13.2 Å². The van der Waals surface area contributed by atoms with Crippen molar-refractivity contribution < 1.29 is 42.8 Å². The summed E-state index contributed by atoms with van der Waals surface area (Å²) >= 11 is 0. The van der Waals surface area contributed by atoms with E-state index in [0.29, 0.717) is 29.1 Å². The smallest absolute Gasteiger partial charge is 0.306 e. The van der Waals surface area contributed by atoms with Crippen molar-refractivity contribution >= 4 is 35.9 Å². The standard InChI is InChI=1S/C42H53N2O9P/c1-7-28-23-42(28,54(48,49)26-50-5)24-37(45)36-20-31(25-44(36)40(47)33(41(2,3)4)21-39(46)53-29-15-11-12-16-29)52-38-22-34(27-13-9-8-10-14-27)43-35-19-30(51-6)17-18-32(35)38/h7-10,13-14,17-19,22,28-29,31,33,36H,1,11-12,15-16,20-21,23-26H2,2-6H3,(H,48,49)/t28-,31-,33-,36+,42-/m1/s1. The molecule has 12 heteroatoms. The third-order valence-corrected chi connectivity index (χ3v) is 14.1. The van der Waals surface area contributed by atoms with Crippen LogP contribution in [0.3, 0.4) is 0 Å². The maximum absolute atomic E-state index is 14.7. The van der Waals surface area contributed by atoms with E-state index in [-0.39, 0.29) is 55.9 Å². The number of ketones is 1. The first-order chi connectivity index (χ1) is 25.7. The first-order valence-electron chi connectivity index (χ1n) is 18.9. The number of hydrogen-bond donors (Lipinski definition) is 1. The lowest BCUT2D eigenvalue weighted by molar-refractivity contribution is -0.156. The van der Waals surface area contributed by atoms with Crippen LogP contribution in [-0.4, -0.2) is 83.0 Å². The summed E-state index contributed by atoms with van der Waals surface area (Å²) in [5.41, 5.74) is 1.58. The van der Waals surface area contributed by atoms with Gasteiger partial charge in [-0.05, 0) is 55.6 Å². The Hall–Kier alpha value is -4.05. The first-order valence-corrected chi connectivity index (χ1v) is 20.7. The van der Waals surface area contributed by atoms with Crippen LogP contribution in [0.4, 0.5) is 0 Å². The molecule has 6 rings (SSSR count). The van der Waals surface area contributed by atoms with E-state index < -0.39 is 42.0 Å². The van der Waals surface area contributed by atoms with Gasteiger partial charge in [0, 0.05) is 43.0 Å². The lowest BCUT2D eigenvalue weighted by atomic mass is 9.77. The lowest BCUT2D eigenvalue weighted by Gasteiger charge is -2.35. The average molecular weight is 761 g/mol. The van der Waals surface area contributed by atoms with E-state index in [1.165, 1.54) is 12.0 Å². The fourth-order valence-corrected chi connectivity index (χ4v) is 10.3. The van der Waals surface area contributed by atoms with Crippen LogP contribution in [0.1, 0.15) is 72.1 Å². The summed E-state index contributed by atoms with van der Waals surface area (Å²) in [6.45, 7) is 9.64. The average Bonchev–Trinajstić information content (AvgIpc) is 3.41. The van der Waals surface area contributed by atoms with Crippen LogP contribution in [0.5, 0.6) is 11.5 Å². The first kappa shape index (κ1) is 39.6. The highest BCUT2D eigenvalue weighted by atomic mass is 31.2. The number of Topliss-reactive ketones (excluding diaryl/α,β-unsaturated/α-hetero) is 1. The monoisotopic (exact) mass is 760 g/mol. The van der Waals surface area contributed by atoms with E-state index in [0.717, 1.165) is 36.6 Å². The minimum absolute atomic E-state index is 0.0763. The van der Waals surface area contributed by atoms with E-state index in [9.17, 15) is 23.8 Å². The molecule has 2 aromatic carbocycles. The molecule has 3 aliphatic rings. The number of ether oxygens (including phenoxy) is 4. The number of carbonyl (C=O) groups is 3. The molecule has 54 heavy (non-hydrogen) atoms. The highest BCUT2D eigenvalue weighted by Crippen LogP contribution is 2.72. The number of esters is 1. The molecular formula is C42H53N2O9P. The number of methoxy groups -OCH3 is 2. The normalized spacial score (nSPS) is 24.5. The second kappa shape index (κ2) is 16.0. The van der Waals surface area contributed by atoms with Crippen molar-refractivity contribution in [3.63, 3.8) is 0 Å². The number of rotatable bonds is 15. The predicted molar refractivity (Wildman–Crippen MR) is 207 cm³/mol. The molecule has 6 atom stereocenters. The van der Waals surface area contributed by atoms with Crippen LogP contribution in [0, 0.1) is 17.3 Å². The second-order valence-corrected chi connectivity index (χ2v) is 18.7. The molecule has 1 saturated heterocycles. The third kappa shape index (κ3) is 8.28. The number of hydrogen-bond acceptors (Lipinski definition) is 9. The molecule has 2 aliphatic carbocycles. The quantitative estimate of drug-likeness (QED) is 0.0937. The minimum Gasteiger partial charge on any atom is -0.497 e. The topological polar surface area (TPSA) is 142 Å². The van der Waals surface area contributed by atoms with Crippen LogP contribution in [0.2, 0.25) is 0 Å². The van der Waals surface area contributed by atoms with Crippen molar-refractivity contribution in [2.24, 2.45) is 17.3 Å². The third-order valence-electron chi connectivity index (χ3n) is 11.4. The van der Waals surface area contributed by atoms with Crippen LogP contribution in [-0.2, 0) is 28.4 Å². The SMILES string of the molecule is C=C[C@@H]1C[C@]1(CC(=O)[C@@H]1C[C@@H](Oc2cc(-c3ccccc3)nc3cc(OC)ccc23)CN1C(=O)[C@@H](CC(=O)OC1CCCC1)C(C)(C)C)P(=O)(O)COC. The molecule has 1 amide bonds. The molecule has 1 N–H and O–H groups in total. The number of allylic oxidation sites excluding steroid dienone is 1. The lowest BCUT2D eigenvalue weighted by Crippen LogP contribution is -2.48. The van der Waals surface area contributed by atoms with Gasteiger partial charge in [-0.1, -0.05) is 57.2 Å². The van der Waals surface area contributed by atoms with Gasteiger partial charge in [-0.25, -0.2) is 4.98 Å². The zero-order chi connectivity index (χ0) is 38.8. The Kier molecular flexibility index (Phi) is 11.7. The Morgan fingerprint density at radius 2 is 1.80 bits per heavy atom. The van der Waals surface area contributed by atoms with Crippen molar-refractivity contribution in [2.45, 2.75) is 95.5 Å². The zero-order valence-corrected chi connectivity index (χ0v) is 32.9. The Morgan fingerprint density at radius 3 is 2.43 bits per heavy atom. The Bertz CT molecular complexity index is 1920. The van der Waals surface area contributed by atoms with Gasteiger partial charge in [0.25, 0.3) is 0 Å². The molecule has 0 bridgehead atoms. The van der Waals surface area contributed by atoms with Crippen LogP contribution < -0.4 is 9.47 Å². The largest absolute Gasteiger partial charge is 0.497 e. The molecular weight excluding hydrogens is 707 g/mol. The number of nitrogens with zero attached hydrogens (tertiary/aromatic N) is 2. The number of amides is 1. The molecule has 0 radical (unpaired) electrons. The second-order valence-electron chi connectivity index (χ2n) is 16.2. The molecule has 3 fully saturated rings. The van der Waals surface area contributed by atoms with Gasteiger partial charge in [0.1, 0.15) is 30.1 Å². The van der Waals surface area contributed by atoms with Gasteiger partial charge in [-0.2, -0.15) is 0 Å². The van der Waals surface area contributed by atoms with Crippen molar-refractivity contribution in [1.29, 1.82) is 0 Å². The number of fused-ring (bicyclic) bond motifs is 1. The molecule has 290 valence electrons. The summed E-state index contributed by atoms with van der Waals surface area (Å²) in [5, 5.41) is -0.480. The van der Waals surface area contributed by atoms with E-state index in [4.69, 9.17) is 23.9 Å². The highest BCUT2D eigenvalue weighted by molar-refractivity contribution is 7.60. The Labute approximate surface area is 317 Å². The molecule has 0 spiro atoms. The Morgan fingerprint density at radius 1 is 1.07 bits per heavy atom. The molecule has 2 heterocycles. The van der Waals surface area contributed by atoms with Crippen molar-refractivity contribution in [2.75, 3.05) is 27.1 Å². The number of aromatic nitrogens is 1. The van der Waals surface area contributed by atoms with Gasteiger partial charge in [0.05, 0.1) is 48.4 Å². The molecule has 1 unspecified atom stereocenters. The molecule has 1 aromatic heterocycles. The van der Waals surface area contributed by atoms with Crippen molar-refractivity contribution in [3.05, 3.63) is 67.3 Å². The summed E-state index contributed by atoms with van der Waals surface area (Å²) in [5.74, 6) is -1.07. The number of carbonyl (C=O) groups excluding carboxylic acids is 3. The van der Waals surface area contributed by atoms with Gasteiger partial charge >= 0.3 is 5.97 Å². The summed E-state index contributed by atoms with van der Waals surface area (Å²) < 4.78 is 36.8. The Balaban J connectivity index is 1.34. The van der Waals surface area contributed by atoms with Gasteiger partial charge < -0.3 is 28.7 Å².